The normalized spacial score (nSPS) is 9.95. The van der Waals surface area contributed by atoms with Crippen LogP contribution in [0.2, 0.25) is 0 Å². The highest BCUT2D eigenvalue weighted by molar-refractivity contribution is 7.20. The Bertz CT molecular complexity index is 576. The molecule has 2 rings (SSSR count). The molecule has 0 fully saturated rings. The third-order valence-electron chi connectivity index (χ3n) is 2.54. The van der Waals surface area contributed by atoms with Crippen LogP contribution in [0.4, 0.5) is 0 Å². The Balaban J connectivity index is 0.000000829. The van der Waals surface area contributed by atoms with E-state index >= 15 is 0 Å². The van der Waals surface area contributed by atoms with Crippen LogP contribution in [0.5, 0.6) is 0 Å². The zero-order chi connectivity index (χ0) is 15.5. The molecule has 108 valence electrons. The predicted molar refractivity (Wildman–Crippen MR) is 94.3 cm³/mol. The maximum atomic E-state index is 11.0. The lowest BCUT2D eigenvalue weighted by Gasteiger charge is -1.97. The van der Waals surface area contributed by atoms with Crippen LogP contribution in [0.1, 0.15) is 45.1 Å². The molecular weight excluding hydrogens is 264 g/mol. The van der Waals surface area contributed by atoms with E-state index in [4.69, 9.17) is 0 Å². The van der Waals surface area contributed by atoms with E-state index in [0.717, 1.165) is 22.3 Å². The smallest absolute Gasteiger partial charge is 0.151 e. The number of hydrogen-bond acceptors (Lipinski definition) is 2. The molecule has 2 heteroatoms. The molecular formula is C18H24OS. The van der Waals surface area contributed by atoms with Gasteiger partial charge in [0.25, 0.3) is 0 Å². The summed E-state index contributed by atoms with van der Waals surface area (Å²) in [5.74, 6) is 0. The fourth-order valence-corrected chi connectivity index (χ4v) is 2.98. The molecule has 1 aromatic heterocycles. The van der Waals surface area contributed by atoms with Gasteiger partial charge in [0.15, 0.2) is 6.29 Å². The van der Waals surface area contributed by atoms with Crippen molar-refractivity contribution < 1.29 is 4.79 Å². The topological polar surface area (TPSA) is 17.1 Å². The second-order valence-electron chi connectivity index (χ2n) is 3.41. The summed E-state index contributed by atoms with van der Waals surface area (Å²) in [7, 11) is 0. The Hall–Kier alpha value is -1.67. The first-order valence-corrected chi connectivity index (χ1v) is 7.89. The lowest BCUT2D eigenvalue weighted by Crippen LogP contribution is -1.83. The number of carbonyl (C=O) groups excluding carboxylic acids is 1. The molecule has 0 amide bonds. The zero-order valence-corrected chi connectivity index (χ0v) is 13.9. The van der Waals surface area contributed by atoms with Crippen LogP contribution in [0.25, 0.3) is 21.7 Å². The third kappa shape index (κ3) is 3.91. The van der Waals surface area contributed by atoms with Gasteiger partial charge in [0, 0.05) is 26.1 Å². The van der Waals surface area contributed by atoms with Gasteiger partial charge in [0.1, 0.15) is 0 Å². The zero-order valence-electron chi connectivity index (χ0n) is 13.1. The standard InChI is InChI=1S/C14H12OS.2C2H6/c1-3-10(9-15)14-11(4-2)12-7-5-6-8-13(12)16-14;2*1-2/h3-9H,2H2,1H3;2*1-2H3/b10-3-;;. The minimum absolute atomic E-state index is 0.733. The third-order valence-corrected chi connectivity index (χ3v) is 3.77. The summed E-state index contributed by atoms with van der Waals surface area (Å²) in [6, 6.07) is 8.13. The second kappa shape index (κ2) is 10.2. The van der Waals surface area contributed by atoms with Gasteiger partial charge in [-0.25, -0.2) is 0 Å². The van der Waals surface area contributed by atoms with Crippen LogP contribution in [-0.2, 0) is 4.79 Å². The van der Waals surface area contributed by atoms with Gasteiger partial charge >= 0.3 is 0 Å². The number of aldehydes is 1. The predicted octanol–water partition coefficient (Wildman–Crippen LogP) is 6.20. The van der Waals surface area contributed by atoms with Crippen LogP contribution >= 0.6 is 11.3 Å². The lowest BCUT2D eigenvalue weighted by molar-refractivity contribution is -0.103. The van der Waals surface area contributed by atoms with Crippen molar-refractivity contribution in [2.75, 3.05) is 0 Å². The van der Waals surface area contributed by atoms with Gasteiger partial charge in [0.2, 0.25) is 0 Å². The van der Waals surface area contributed by atoms with Crippen LogP contribution in [-0.4, -0.2) is 6.29 Å². The van der Waals surface area contributed by atoms with Crippen molar-refractivity contribution in [3.63, 3.8) is 0 Å². The average molecular weight is 288 g/mol. The summed E-state index contributed by atoms with van der Waals surface area (Å²) in [5.41, 5.74) is 1.79. The van der Waals surface area contributed by atoms with Crippen molar-refractivity contribution in [3.8, 4) is 0 Å². The van der Waals surface area contributed by atoms with Gasteiger partial charge in [-0.3, -0.25) is 4.79 Å². The monoisotopic (exact) mass is 288 g/mol. The maximum absolute atomic E-state index is 11.0. The van der Waals surface area contributed by atoms with E-state index in [9.17, 15) is 4.79 Å². The second-order valence-corrected chi connectivity index (χ2v) is 4.46. The van der Waals surface area contributed by atoms with Crippen molar-refractivity contribution in [1.29, 1.82) is 0 Å². The fraction of sp³-hybridized carbons (Fsp3) is 0.278. The van der Waals surface area contributed by atoms with E-state index in [0.29, 0.717) is 0 Å². The number of allylic oxidation sites excluding steroid dienone is 2. The van der Waals surface area contributed by atoms with Gasteiger partial charge in [-0.05, 0) is 13.0 Å². The van der Waals surface area contributed by atoms with E-state index in [1.54, 1.807) is 11.3 Å². The van der Waals surface area contributed by atoms with E-state index in [-0.39, 0.29) is 0 Å². The summed E-state index contributed by atoms with van der Waals surface area (Å²) < 4.78 is 1.19. The van der Waals surface area contributed by atoms with Crippen molar-refractivity contribution >= 4 is 39.4 Å². The molecule has 0 aliphatic rings. The molecule has 0 saturated carbocycles. The fourth-order valence-electron chi connectivity index (χ4n) is 1.74. The molecule has 0 aliphatic heterocycles. The van der Waals surface area contributed by atoms with E-state index < -0.39 is 0 Å². The summed E-state index contributed by atoms with van der Waals surface area (Å²) in [5, 5.41) is 1.17. The number of thiophene rings is 1. The molecule has 0 radical (unpaired) electrons. The van der Waals surface area contributed by atoms with Gasteiger partial charge < -0.3 is 0 Å². The van der Waals surface area contributed by atoms with Crippen molar-refractivity contribution in [1.82, 2.24) is 0 Å². The first-order chi connectivity index (χ1) is 9.81. The molecule has 1 heterocycles. The summed E-state index contributed by atoms with van der Waals surface area (Å²) in [6.07, 6.45) is 4.56. The maximum Gasteiger partial charge on any atom is 0.151 e. The molecule has 0 unspecified atom stereocenters. The Morgan fingerprint density at radius 2 is 1.75 bits per heavy atom. The Labute approximate surface area is 126 Å². The molecule has 20 heavy (non-hydrogen) atoms. The van der Waals surface area contributed by atoms with Gasteiger partial charge in [-0.2, -0.15) is 0 Å². The summed E-state index contributed by atoms with van der Waals surface area (Å²) >= 11 is 1.63. The Kier molecular flexibility index (Phi) is 9.31. The molecule has 0 N–H and O–H groups in total. The average Bonchev–Trinajstić information content (AvgIpc) is 2.91. The molecule has 0 bridgehead atoms. The minimum Gasteiger partial charge on any atom is -0.298 e. The van der Waals surface area contributed by atoms with Crippen molar-refractivity contribution in [3.05, 3.63) is 47.4 Å². The Morgan fingerprint density at radius 1 is 1.15 bits per heavy atom. The van der Waals surface area contributed by atoms with Crippen LogP contribution in [0.3, 0.4) is 0 Å². The molecule has 0 spiro atoms. The highest BCUT2D eigenvalue weighted by atomic mass is 32.1. The van der Waals surface area contributed by atoms with Crippen LogP contribution < -0.4 is 0 Å². The highest BCUT2D eigenvalue weighted by Gasteiger charge is 2.11. The van der Waals surface area contributed by atoms with Crippen molar-refractivity contribution in [2.45, 2.75) is 34.6 Å². The number of carbonyl (C=O) groups is 1. The first-order valence-electron chi connectivity index (χ1n) is 7.07. The largest absolute Gasteiger partial charge is 0.298 e. The SMILES string of the molecule is C=Cc1c(/C(C=O)=C\C)sc2ccccc12.CC.CC. The first kappa shape index (κ1) is 18.3. The van der Waals surface area contributed by atoms with E-state index in [2.05, 4.69) is 18.7 Å². The number of benzene rings is 1. The number of rotatable bonds is 3. The number of fused-ring (bicyclic) bond motifs is 1. The van der Waals surface area contributed by atoms with Gasteiger partial charge in [-0.1, -0.05) is 64.6 Å². The van der Waals surface area contributed by atoms with Gasteiger partial charge in [0.05, 0.1) is 0 Å². The number of hydrogen-bond donors (Lipinski definition) is 0. The van der Waals surface area contributed by atoms with Crippen LogP contribution in [0.15, 0.2) is 36.9 Å². The molecule has 0 aliphatic carbocycles. The summed E-state index contributed by atoms with van der Waals surface area (Å²) in [4.78, 5) is 12.0. The van der Waals surface area contributed by atoms with Gasteiger partial charge in [-0.15, -0.1) is 11.3 Å². The molecule has 2 aromatic rings. The van der Waals surface area contributed by atoms with E-state index in [1.165, 1.54) is 10.1 Å². The highest BCUT2D eigenvalue weighted by Crippen LogP contribution is 2.35. The van der Waals surface area contributed by atoms with Crippen molar-refractivity contribution in [2.24, 2.45) is 0 Å². The Morgan fingerprint density at radius 3 is 2.25 bits per heavy atom. The lowest BCUT2D eigenvalue weighted by atomic mass is 10.1. The molecule has 1 aromatic carbocycles. The summed E-state index contributed by atoms with van der Waals surface area (Å²) in [6.45, 7) is 13.7. The van der Waals surface area contributed by atoms with Crippen LogP contribution in [0, 0.1) is 0 Å². The van der Waals surface area contributed by atoms with E-state index in [1.807, 2.05) is 58.9 Å². The molecule has 0 atom stereocenters. The molecule has 1 nitrogen and oxygen atoms in total. The molecule has 0 saturated heterocycles. The quantitative estimate of drug-likeness (QED) is 0.485. The minimum atomic E-state index is 0.733.